The SMILES string of the molecule is CCC(C)(C)C(N)=O.CCC(C)C(=O)N(C)C.CCC(C)C(=O)OCCO.CCC(C)C(N)=O.CCC(C)S(=O)(=O)NCCC[Si](OC)(OC)OC.CCO[Si](CCCNC(=O)C(C)CC)(OCC)OCC.CCO[Si](CCCNC(=O)C(C)CC)(OCC)OCC.CCO[Si](CCCNC(=O)C(C)CC)(OCC)OCC.CCO[Si](CCCNS(=O)(=O)C(C)(C)CC)(OCC)OCC. The zero-order valence-electron chi connectivity index (χ0n) is 91.3. The van der Waals surface area contributed by atoms with E-state index >= 15 is 0 Å². The number of aliphatic hydroxyl groups excluding tert-OH is 1. The first-order chi connectivity index (χ1) is 62.7. The van der Waals surface area contributed by atoms with Crippen molar-refractivity contribution in [2.24, 2.45) is 52.4 Å². The molecule has 0 aliphatic rings. The monoisotopic (exact) mass is 2060 g/mol. The summed E-state index contributed by atoms with van der Waals surface area (Å²) in [6, 6.07) is 3.41. The van der Waals surface area contributed by atoms with Crippen LogP contribution in [0.2, 0.25) is 30.2 Å². The number of nitrogens with one attached hydrogen (secondary N) is 5. The minimum atomic E-state index is -3.32. The van der Waals surface area contributed by atoms with Gasteiger partial charge in [0.1, 0.15) is 6.61 Å². The standard InChI is InChI=1S/C14H33NO5SSi.3C14H31NO4Si.C10H25NO5SSi.C7H15NO.C7H14O3.C6H13NO.C5H11NO/c1-7-14(5,6)21(16,17)15-12-11-13-22(18-8-2,19-9-3)20-10-4;3*1-6-13(5)14(16)15-11-10-12-20(17-7-2,18-8-3)19-9-4;1-6-10(2)17(12,13)11-8-7-9-18(14-3,15-4)16-5;1-5-6(2)7(9)8(3)4;1-3-6(2)7(9)10-5-4-8;1-4-6(2,3)5(7)8;1-3-4(2)5(6)7/h15H,7-13H2,1-6H3;3*13H,6-12H2,1-5H3,(H,15,16);10-11H,6-9H2,1-5H3;6H,5H2,1-4H3;6,8H,3-5H2,1-2H3;4H2,1-3H3,(H2,7,8);4H,3H2,1-2H3,(H2,6,7). The molecular formula is C91H204N8O28S2Si5. The largest absolute Gasteiger partial charge is 0.500 e. The third-order valence-corrected chi connectivity index (χ3v) is 41.2. The minimum absolute atomic E-state index is 0.0417. The van der Waals surface area contributed by atoms with Gasteiger partial charge in [0.2, 0.25) is 55.5 Å². The summed E-state index contributed by atoms with van der Waals surface area (Å²) in [5, 5.41) is 16.8. The van der Waals surface area contributed by atoms with Gasteiger partial charge >= 0.3 is 50.0 Å². The molecule has 7 unspecified atom stereocenters. The van der Waals surface area contributed by atoms with E-state index in [-0.39, 0.29) is 101 Å². The number of rotatable bonds is 69. The summed E-state index contributed by atoms with van der Waals surface area (Å²) < 4.78 is 142. The fourth-order valence-corrected chi connectivity index (χ4v) is 24.9. The summed E-state index contributed by atoms with van der Waals surface area (Å²) in [7, 11) is -11.2. The van der Waals surface area contributed by atoms with Crippen LogP contribution in [-0.4, -0.2) is 283 Å². The van der Waals surface area contributed by atoms with Gasteiger partial charge in [0, 0.05) is 213 Å². The number of primary amides is 2. The van der Waals surface area contributed by atoms with Crippen LogP contribution < -0.4 is 36.9 Å². The van der Waals surface area contributed by atoms with Gasteiger partial charge in [0.25, 0.3) is 0 Å². The topological polar surface area (TPSA) is 471 Å². The third-order valence-electron chi connectivity index (χ3n) is 21.4. The summed E-state index contributed by atoms with van der Waals surface area (Å²) in [6.45, 7) is 70.7. The van der Waals surface area contributed by atoms with E-state index in [1.807, 2.05) is 194 Å². The van der Waals surface area contributed by atoms with Crippen LogP contribution in [0.5, 0.6) is 0 Å². The Morgan fingerprint density at radius 1 is 0.358 bits per heavy atom. The molecule has 0 saturated carbocycles. The van der Waals surface area contributed by atoms with Crippen LogP contribution in [0.25, 0.3) is 0 Å². The van der Waals surface area contributed by atoms with Crippen molar-refractivity contribution >= 4 is 105 Å². The summed E-state index contributed by atoms with van der Waals surface area (Å²) >= 11 is 0. The minimum Gasteiger partial charge on any atom is -0.463 e. The van der Waals surface area contributed by atoms with E-state index in [0.717, 1.165) is 82.3 Å². The van der Waals surface area contributed by atoms with Crippen LogP contribution in [-0.2, 0) is 125 Å². The van der Waals surface area contributed by atoms with Gasteiger partial charge < -0.3 is 109 Å². The Labute approximate surface area is 822 Å². The molecule has 10 N–H and O–H groups in total. The van der Waals surface area contributed by atoms with Gasteiger partial charge in [-0.2, -0.15) is 0 Å². The van der Waals surface area contributed by atoms with Crippen molar-refractivity contribution in [2.45, 2.75) is 352 Å². The number of carbonyl (C=O) groups is 7. The Hall–Kier alpha value is -3.45. The number of aliphatic hydroxyl groups is 1. The summed E-state index contributed by atoms with van der Waals surface area (Å²) in [5.74, 6) is 0.299. The van der Waals surface area contributed by atoms with Crippen LogP contribution in [0.15, 0.2) is 0 Å². The number of hydrogen-bond donors (Lipinski definition) is 8. The number of sulfonamides is 2. The van der Waals surface area contributed by atoms with Crippen LogP contribution in [0.1, 0.15) is 311 Å². The third kappa shape index (κ3) is 73.6. The Morgan fingerprint density at radius 3 is 0.791 bits per heavy atom. The van der Waals surface area contributed by atoms with Crippen molar-refractivity contribution in [3.63, 3.8) is 0 Å². The van der Waals surface area contributed by atoms with Gasteiger partial charge in [-0.1, -0.05) is 118 Å². The second-order valence-corrected chi connectivity index (χ2v) is 51.4. The molecule has 36 nitrogen and oxygen atoms in total. The highest BCUT2D eigenvalue weighted by Crippen LogP contribution is 2.25. The van der Waals surface area contributed by atoms with Gasteiger partial charge in [-0.05, 0) is 194 Å². The van der Waals surface area contributed by atoms with Crippen LogP contribution >= 0.6 is 0 Å². The van der Waals surface area contributed by atoms with E-state index in [4.69, 9.17) is 83.0 Å². The molecule has 0 radical (unpaired) electrons. The number of esters is 1. The lowest BCUT2D eigenvalue weighted by Crippen LogP contribution is -2.47. The molecule has 0 saturated heterocycles. The molecule has 0 fully saturated rings. The molecule has 0 aromatic carbocycles. The Kier molecular flexibility index (Phi) is 99.2. The normalized spacial score (nSPS) is 13.3. The number of nitrogens with two attached hydrogens (primary N) is 2. The average molecular weight is 2060 g/mol. The molecule has 808 valence electrons. The molecule has 6 amide bonds. The van der Waals surface area contributed by atoms with Gasteiger partial charge in [-0.3, -0.25) is 33.6 Å². The van der Waals surface area contributed by atoms with Crippen molar-refractivity contribution in [2.75, 3.05) is 161 Å². The van der Waals surface area contributed by atoms with Crippen LogP contribution in [0.4, 0.5) is 0 Å². The molecule has 0 spiro atoms. The average Bonchev–Trinajstić information content (AvgIpc) is 0.919. The molecule has 0 aliphatic carbocycles. The van der Waals surface area contributed by atoms with E-state index in [9.17, 15) is 50.4 Å². The number of nitrogens with zero attached hydrogens (tertiary/aromatic N) is 1. The van der Waals surface area contributed by atoms with Crippen molar-refractivity contribution in [1.29, 1.82) is 0 Å². The highest BCUT2D eigenvalue weighted by molar-refractivity contribution is 7.90. The molecule has 7 atom stereocenters. The maximum Gasteiger partial charge on any atom is 0.500 e. The highest BCUT2D eigenvalue weighted by Gasteiger charge is 2.44. The number of hydrogen-bond acceptors (Lipinski definition) is 28. The van der Waals surface area contributed by atoms with E-state index in [0.29, 0.717) is 150 Å². The summed E-state index contributed by atoms with van der Waals surface area (Å²) in [5.41, 5.74) is 9.63. The summed E-state index contributed by atoms with van der Waals surface area (Å²) in [4.78, 5) is 79.1. The first-order valence-electron chi connectivity index (χ1n) is 49.4. The molecule has 134 heavy (non-hydrogen) atoms. The number of ether oxygens (including phenoxy) is 1. The predicted octanol–water partition coefficient (Wildman–Crippen LogP) is 14.4. The Bertz CT molecular complexity index is 2880. The van der Waals surface area contributed by atoms with Crippen LogP contribution in [0, 0.1) is 40.9 Å². The molecule has 0 aliphatic heterocycles. The maximum atomic E-state index is 12.2. The number of amides is 6. The second kappa shape index (κ2) is 89.6. The van der Waals surface area contributed by atoms with Crippen molar-refractivity contribution in [3.8, 4) is 0 Å². The second-order valence-electron chi connectivity index (χ2n) is 32.8. The number of carbonyl (C=O) groups excluding carboxylic acids is 7. The van der Waals surface area contributed by atoms with Crippen LogP contribution in [0.3, 0.4) is 0 Å². The lowest BCUT2D eigenvalue weighted by atomic mass is 9.90. The van der Waals surface area contributed by atoms with Crippen molar-refractivity contribution in [1.82, 2.24) is 30.3 Å². The Balaban J connectivity index is -0.000000192. The fraction of sp³-hybridized carbons (Fsp3) is 0.923. The zero-order valence-corrected chi connectivity index (χ0v) is 97.9. The molecule has 0 aromatic rings. The maximum absolute atomic E-state index is 12.2. The van der Waals surface area contributed by atoms with Crippen molar-refractivity contribution < 1.29 is 127 Å². The Morgan fingerprint density at radius 2 is 0.612 bits per heavy atom. The quantitative estimate of drug-likeness (QED) is 0.0159. The van der Waals surface area contributed by atoms with Gasteiger partial charge in [0.15, 0.2) is 0 Å². The lowest BCUT2D eigenvalue weighted by Gasteiger charge is -2.29. The first kappa shape index (κ1) is 148. The van der Waals surface area contributed by atoms with E-state index in [1.165, 1.54) is 0 Å². The van der Waals surface area contributed by atoms with Gasteiger partial charge in [-0.25, -0.2) is 26.3 Å². The smallest absolute Gasteiger partial charge is 0.463 e. The molecule has 0 rings (SSSR count). The molecule has 0 aromatic heterocycles. The first-order valence-corrected chi connectivity index (χ1v) is 62.1. The molecule has 0 bridgehead atoms. The van der Waals surface area contributed by atoms with E-state index in [2.05, 4.69) is 30.1 Å². The summed E-state index contributed by atoms with van der Waals surface area (Å²) in [6.07, 6.45) is 10.8. The molecule has 0 heterocycles. The lowest BCUT2D eigenvalue weighted by molar-refractivity contribution is -0.149. The fourth-order valence-electron chi connectivity index (χ4n) is 10.4. The van der Waals surface area contributed by atoms with Crippen molar-refractivity contribution in [3.05, 3.63) is 0 Å². The molecular weight excluding hydrogens is 1860 g/mol. The van der Waals surface area contributed by atoms with E-state index in [1.54, 1.807) is 68.0 Å². The molecule has 43 heteroatoms. The zero-order chi connectivity index (χ0) is 106. The van der Waals surface area contributed by atoms with Gasteiger partial charge in [0.05, 0.1) is 22.5 Å². The highest BCUT2D eigenvalue weighted by atomic mass is 32.2. The van der Waals surface area contributed by atoms with E-state index < -0.39 is 68.8 Å². The predicted molar refractivity (Wildman–Crippen MR) is 549 cm³/mol. The van der Waals surface area contributed by atoms with Gasteiger partial charge in [-0.15, -0.1) is 0 Å².